The molecule has 0 saturated heterocycles. The van der Waals surface area contributed by atoms with Gasteiger partial charge < -0.3 is 10.5 Å². The number of halogens is 1. The minimum Gasteiger partial charge on any atom is -0.468 e. The van der Waals surface area contributed by atoms with Gasteiger partial charge in [-0.05, 0) is 30.2 Å². The van der Waals surface area contributed by atoms with E-state index in [0.717, 1.165) is 5.56 Å². The van der Waals surface area contributed by atoms with E-state index in [-0.39, 0.29) is 0 Å². The summed E-state index contributed by atoms with van der Waals surface area (Å²) in [5.41, 5.74) is 6.80. The van der Waals surface area contributed by atoms with E-state index in [1.165, 1.54) is 19.2 Å². The van der Waals surface area contributed by atoms with Gasteiger partial charge in [0.15, 0.2) is 0 Å². The molecule has 0 heterocycles. The fourth-order valence-corrected chi connectivity index (χ4v) is 1.20. The number of carbonyl (C=O) groups excluding carboxylic acids is 1. The van der Waals surface area contributed by atoms with Gasteiger partial charge in [-0.1, -0.05) is 6.07 Å². The van der Waals surface area contributed by atoms with E-state index in [1.807, 2.05) is 0 Å². The molecule has 1 aromatic carbocycles. The standard InChI is InChI=1S/C10H12FNO2/c1-6-3-4-7(11)5-8(6)9(12)10(13)14-2/h3-5,9H,12H2,1-2H3/t9-/m0/s1. The SMILES string of the molecule is COC(=O)[C@@H](N)c1cc(F)ccc1C. The van der Waals surface area contributed by atoms with Crippen LogP contribution in [0.2, 0.25) is 0 Å². The number of nitrogens with two attached hydrogens (primary N) is 1. The van der Waals surface area contributed by atoms with Crippen molar-refractivity contribution >= 4 is 5.97 Å². The van der Waals surface area contributed by atoms with Gasteiger partial charge in [-0.3, -0.25) is 4.79 Å². The number of hydrogen-bond acceptors (Lipinski definition) is 3. The van der Waals surface area contributed by atoms with Crippen LogP contribution in [-0.4, -0.2) is 13.1 Å². The predicted molar refractivity (Wildman–Crippen MR) is 50.1 cm³/mol. The van der Waals surface area contributed by atoms with Gasteiger partial charge in [0.25, 0.3) is 0 Å². The van der Waals surface area contributed by atoms with Gasteiger partial charge in [0.1, 0.15) is 11.9 Å². The lowest BCUT2D eigenvalue weighted by atomic mass is 10.0. The molecule has 0 aliphatic heterocycles. The highest BCUT2D eigenvalue weighted by atomic mass is 19.1. The summed E-state index contributed by atoms with van der Waals surface area (Å²) >= 11 is 0. The van der Waals surface area contributed by atoms with Crippen LogP contribution in [0.3, 0.4) is 0 Å². The lowest BCUT2D eigenvalue weighted by molar-refractivity contribution is -0.142. The van der Waals surface area contributed by atoms with Crippen molar-refractivity contribution in [1.29, 1.82) is 0 Å². The third-order valence-corrected chi connectivity index (χ3v) is 2.03. The van der Waals surface area contributed by atoms with Crippen LogP contribution in [0.25, 0.3) is 0 Å². The highest BCUT2D eigenvalue weighted by molar-refractivity contribution is 5.77. The average molecular weight is 197 g/mol. The summed E-state index contributed by atoms with van der Waals surface area (Å²) in [4.78, 5) is 11.1. The van der Waals surface area contributed by atoms with Crippen LogP contribution in [0.1, 0.15) is 17.2 Å². The summed E-state index contributed by atoms with van der Waals surface area (Å²) in [7, 11) is 1.25. The molecule has 0 radical (unpaired) electrons. The highest BCUT2D eigenvalue weighted by Gasteiger charge is 2.18. The quantitative estimate of drug-likeness (QED) is 0.727. The van der Waals surface area contributed by atoms with Crippen molar-refractivity contribution in [3.63, 3.8) is 0 Å². The minimum absolute atomic E-state index is 0.412. The molecule has 0 fully saturated rings. The van der Waals surface area contributed by atoms with Crippen molar-refractivity contribution in [1.82, 2.24) is 0 Å². The first kappa shape index (κ1) is 10.7. The summed E-state index contributed by atoms with van der Waals surface area (Å²) in [6.45, 7) is 1.76. The lowest BCUT2D eigenvalue weighted by Crippen LogP contribution is -2.23. The van der Waals surface area contributed by atoms with E-state index in [1.54, 1.807) is 13.0 Å². The number of ether oxygens (including phenoxy) is 1. The first-order valence-corrected chi connectivity index (χ1v) is 4.15. The Balaban J connectivity index is 3.05. The molecule has 0 aliphatic carbocycles. The first-order chi connectivity index (χ1) is 6.56. The van der Waals surface area contributed by atoms with Crippen molar-refractivity contribution < 1.29 is 13.9 Å². The molecule has 1 atom stereocenters. The number of benzene rings is 1. The molecular formula is C10H12FNO2. The maximum Gasteiger partial charge on any atom is 0.327 e. The smallest absolute Gasteiger partial charge is 0.327 e. The van der Waals surface area contributed by atoms with Crippen LogP contribution in [0.4, 0.5) is 4.39 Å². The molecule has 0 saturated carbocycles. The van der Waals surface area contributed by atoms with Gasteiger partial charge in [-0.25, -0.2) is 4.39 Å². The number of aryl methyl sites for hydroxylation is 1. The molecule has 76 valence electrons. The number of esters is 1. The van der Waals surface area contributed by atoms with E-state index in [4.69, 9.17) is 5.73 Å². The van der Waals surface area contributed by atoms with Crippen LogP contribution >= 0.6 is 0 Å². The Kier molecular flexibility index (Phi) is 3.19. The molecule has 0 spiro atoms. The third-order valence-electron chi connectivity index (χ3n) is 2.03. The molecule has 4 heteroatoms. The second kappa shape index (κ2) is 4.19. The molecule has 0 aliphatic rings. The molecule has 1 aromatic rings. The monoisotopic (exact) mass is 197 g/mol. The van der Waals surface area contributed by atoms with Crippen molar-refractivity contribution in [2.24, 2.45) is 5.73 Å². The van der Waals surface area contributed by atoms with E-state index in [0.29, 0.717) is 5.56 Å². The van der Waals surface area contributed by atoms with Gasteiger partial charge in [0, 0.05) is 0 Å². The molecule has 14 heavy (non-hydrogen) atoms. The Bertz CT molecular complexity index is 352. The maximum atomic E-state index is 12.9. The summed E-state index contributed by atoms with van der Waals surface area (Å²) in [5.74, 6) is -0.983. The van der Waals surface area contributed by atoms with Crippen LogP contribution in [-0.2, 0) is 9.53 Å². The van der Waals surface area contributed by atoms with Gasteiger partial charge in [0.05, 0.1) is 7.11 Å². The average Bonchev–Trinajstić information content (AvgIpc) is 2.19. The van der Waals surface area contributed by atoms with Crippen LogP contribution in [0.15, 0.2) is 18.2 Å². The molecule has 1 rings (SSSR count). The van der Waals surface area contributed by atoms with Crippen molar-refractivity contribution in [3.8, 4) is 0 Å². The zero-order valence-electron chi connectivity index (χ0n) is 8.08. The fraction of sp³-hybridized carbons (Fsp3) is 0.300. The lowest BCUT2D eigenvalue weighted by Gasteiger charge is -2.12. The summed E-state index contributed by atoms with van der Waals surface area (Å²) < 4.78 is 17.3. The van der Waals surface area contributed by atoms with Crippen LogP contribution in [0, 0.1) is 12.7 Å². The third kappa shape index (κ3) is 2.09. The molecule has 3 nitrogen and oxygen atoms in total. The summed E-state index contributed by atoms with van der Waals surface area (Å²) in [5, 5.41) is 0. The zero-order chi connectivity index (χ0) is 10.7. The molecule has 0 unspecified atom stereocenters. The molecule has 2 N–H and O–H groups in total. The normalized spacial score (nSPS) is 12.3. The zero-order valence-corrected chi connectivity index (χ0v) is 8.08. The second-order valence-corrected chi connectivity index (χ2v) is 3.00. The van der Waals surface area contributed by atoms with Gasteiger partial charge in [-0.2, -0.15) is 0 Å². The van der Waals surface area contributed by atoms with Crippen molar-refractivity contribution in [2.45, 2.75) is 13.0 Å². The number of carbonyl (C=O) groups is 1. The Morgan fingerprint density at radius 3 is 2.79 bits per heavy atom. The van der Waals surface area contributed by atoms with E-state index < -0.39 is 17.8 Å². The minimum atomic E-state index is -0.921. The van der Waals surface area contributed by atoms with E-state index >= 15 is 0 Å². The summed E-state index contributed by atoms with van der Waals surface area (Å²) in [6.07, 6.45) is 0. The number of hydrogen-bond donors (Lipinski definition) is 1. The van der Waals surface area contributed by atoms with Crippen molar-refractivity contribution in [2.75, 3.05) is 7.11 Å². The van der Waals surface area contributed by atoms with Gasteiger partial charge >= 0.3 is 5.97 Å². The van der Waals surface area contributed by atoms with Crippen LogP contribution in [0.5, 0.6) is 0 Å². The molecular weight excluding hydrogens is 185 g/mol. The number of rotatable bonds is 2. The van der Waals surface area contributed by atoms with E-state index in [9.17, 15) is 9.18 Å². The van der Waals surface area contributed by atoms with Gasteiger partial charge in [0.2, 0.25) is 0 Å². The fourth-order valence-electron chi connectivity index (χ4n) is 1.20. The van der Waals surface area contributed by atoms with E-state index in [2.05, 4.69) is 4.74 Å². The van der Waals surface area contributed by atoms with Crippen LogP contribution < -0.4 is 5.73 Å². The first-order valence-electron chi connectivity index (χ1n) is 4.15. The Morgan fingerprint density at radius 2 is 2.21 bits per heavy atom. The Labute approximate surface area is 81.7 Å². The summed E-state index contributed by atoms with van der Waals surface area (Å²) in [6, 6.07) is 3.23. The number of methoxy groups -OCH3 is 1. The maximum absolute atomic E-state index is 12.9. The topological polar surface area (TPSA) is 52.3 Å². The Morgan fingerprint density at radius 1 is 1.57 bits per heavy atom. The molecule has 0 aromatic heterocycles. The molecule has 0 bridgehead atoms. The Hall–Kier alpha value is -1.42. The molecule has 0 amide bonds. The van der Waals surface area contributed by atoms with Gasteiger partial charge in [-0.15, -0.1) is 0 Å². The predicted octanol–water partition coefficient (Wildman–Crippen LogP) is 1.31. The largest absolute Gasteiger partial charge is 0.468 e. The van der Waals surface area contributed by atoms with Crippen molar-refractivity contribution in [3.05, 3.63) is 35.1 Å². The highest BCUT2D eigenvalue weighted by Crippen LogP contribution is 2.17. The second-order valence-electron chi connectivity index (χ2n) is 3.00.